The first-order valence-electron chi connectivity index (χ1n) is 30.9. The molecule has 0 aliphatic carbocycles. The van der Waals surface area contributed by atoms with Crippen LogP contribution in [0.25, 0.3) is 0 Å². The second-order valence-electron chi connectivity index (χ2n) is 20.2. The molecular weight excluding hydrogens is 966 g/mol. The first kappa shape index (κ1) is 72.7. The molecule has 0 rings (SSSR count). The summed E-state index contributed by atoms with van der Waals surface area (Å²) in [6.07, 6.45) is 83.0. The minimum absolute atomic E-state index is 0.0503. The van der Waals surface area contributed by atoms with Crippen molar-refractivity contribution >= 4 is 19.8 Å². The predicted octanol–water partition coefficient (Wildman–Crippen LogP) is 19.8. The molecule has 76 heavy (non-hydrogen) atoms. The van der Waals surface area contributed by atoms with Gasteiger partial charge in [-0.1, -0.05) is 277 Å². The molecular formula is C66H114NO8P. The Morgan fingerprint density at radius 1 is 0.408 bits per heavy atom. The second-order valence-corrected chi connectivity index (χ2v) is 21.7. The molecule has 0 aromatic rings. The van der Waals surface area contributed by atoms with Crippen molar-refractivity contribution in [1.82, 2.24) is 0 Å². The maximum absolute atomic E-state index is 12.7. The number of phosphoric acid groups is 1. The summed E-state index contributed by atoms with van der Waals surface area (Å²) in [6.45, 7) is 3.64. The number of phosphoric ester groups is 1. The fourth-order valence-corrected chi connectivity index (χ4v) is 9.16. The van der Waals surface area contributed by atoms with Crippen molar-refractivity contribution < 1.29 is 37.6 Å². The summed E-state index contributed by atoms with van der Waals surface area (Å²) in [5, 5.41) is 0. The fraction of sp³-hybridized carbons (Fsp3) is 0.697. The third kappa shape index (κ3) is 59.9. The second kappa shape index (κ2) is 60.9. The van der Waals surface area contributed by atoms with Crippen molar-refractivity contribution in [3.05, 3.63) is 109 Å². The van der Waals surface area contributed by atoms with Crippen molar-refractivity contribution in [3.8, 4) is 0 Å². The molecule has 10 heteroatoms. The van der Waals surface area contributed by atoms with Crippen LogP contribution in [0.3, 0.4) is 0 Å². The van der Waals surface area contributed by atoms with E-state index in [-0.39, 0.29) is 38.6 Å². The highest BCUT2D eigenvalue weighted by Crippen LogP contribution is 2.43. The molecule has 0 aliphatic rings. The number of nitrogens with two attached hydrogens (primary N) is 1. The van der Waals surface area contributed by atoms with Crippen LogP contribution in [-0.4, -0.2) is 49.3 Å². The van der Waals surface area contributed by atoms with Gasteiger partial charge in [0.25, 0.3) is 0 Å². The van der Waals surface area contributed by atoms with Crippen LogP contribution in [-0.2, 0) is 32.7 Å². The van der Waals surface area contributed by atoms with E-state index >= 15 is 0 Å². The number of hydrogen-bond donors (Lipinski definition) is 2. The molecule has 0 spiro atoms. The number of carbonyl (C=O) groups is 2. The average Bonchev–Trinajstić information content (AvgIpc) is 3.41. The average molecular weight is 1080 g/mol. The molecule has 0 heterocycles. The maximum Gasteiger partial charge on any atom is 0.472 e. The van der Waals surface area contributed by atoms with Gasteiger partial charge in [-0.3, -0.25) is 18.6 Å². The minimum atomic E-state index is -4.39. The Balaban J connectivity index is 3.93. The van der Waals surface area contributed by atoms with Crippen LogP contribution < -0.4 is 5.73 Å². The Morgan fingerprint density at radius 3 is 1.08 bits per heavy atom. The van der Waals surface area contributed by atoms with E-state index in [0.29, 0.717) is 6.42 Å². The monoisotopic (exact) mass is 1080 g/mol. The van der Waals surface area contributed by atoms with Crippen LogP contribution in [0.5, 0.6) is 0 Å². The smallest absolute Gasteiger partial charge is 0.462 e. The molecule has 2 atom stereocenters. The fourth-order valence-electron chi connectivity index (χ4n) is 8.39. The lowest BCUT2D eigenvalue weighted by Crippen LogP contribution is -2.29. The summed E-state index contributed by atoms with van der Waals surface area (Å²) in [4.78, 5) is 35.2. The van der Waals surface area contributed by atoms with Crippen LogP contribution in [0.15, 0.2) is 109 Å². The summed E-state index contributed by atoms with van der Waals surface area (Å²) in [7, 11) is -4.39. The topological polar surface area (TPSA) is 134 Å². The standard InChI is InChI=1S/C66H114NO8P/c1-3-5-7-9-11-13-15-17-19-21-22-23-24-25-26-27-28-29-30-31-32-33-34-35-36-37-38-39-40-41-42-43-45-47-49-51-53-55-57-59-66(69)75-64(63-74-76(70,71)73-61-60-67)62-72-65(68)58-56-54-52-50-48-46-44-20-18-16-14-12-10-8-6-4-2/h5,7,11,13,17,19,22-23,25-26,28-29,31-32,34-35,37-38,64H,3-4,6,8-10,12,14-16,18,20-21,24,27,30,33,36,39-63,67H2,1-2H3,(H,70,71)/b7-5-,13-11-,19-17-,23-22-,26-25-,29-28-,32-31-,35-34-,38-37-. The summed E-state index contributed by atoms with van der Waals surface area (Å²) < 4.78 is 33.0. The van der Waals surface area contributed by atoms with Gasteiger partial charge < -0.3 is 20.1 Å². The molecule has 0 fully saturated rings. The highest BCUT2D eigenvalue weighted by molar-refractivity contribution is 7.47. The van der Waals surface area contributed by atoms with Crippen molar-refractivity contribution in [2.45, 2.75) is 270 Å². The number of carbonyl (C=O) groups excluding carboxylic acids is 2. The van der Waals surface area contributed by atoms with Crippen molar-refractivity contribution in [3.63, 3.8) is 0 Å². The number of rotatable bonds is 57. The number of hydrogen-bond acceptors (Lipinski definition) is 8. The molecule has 0 saturated carbocycles. The molecule has 0 aliphatic heterocycles. The summed E-state index contributed by atoms with van der Waals surface area (Å²) >= 11 is 0. The van der Waals surface area contributed by atoms with Gasteiger partial charge in [0, 0.05) is 19.4 Å². The molecule has 0 amide bonds. The molecule has 0 bridgehead atoms. The number of ether oxygens (including phenoxy) is 2. The maximum atomic E-state index is 12.7. The Kier molecular flexibility index (Phi) is 58.2. The molecule has 0 aromatic heterocycles. The van der Waals surface area contributed by atoms with Crippen LogP contribution in [0, 0.1) is 0 Å². The van der Waals surface area contributed by atoms with Crippen molar-refractivity contribution in [2.24, 2.45) is 5.73 Å². The molecule has 2 unspecified atom stereocenters. The lowest BCUT2D eigenvalue weighted by Gasteiger charge is -2.19. The van der Waals surface area contributed by atoms with Crippen molar-refractivity contribution in [2.75, 3.05) is 26.4 Å². The Hall–Kier alpha value is -3.33. The zero-order valence-electron chi connectivity index (χ0n) is 48.7. The van der Waals surface area contributed by atoms with Gasteiger partial charge >= 0.3 is 19.8 Å². The van der Waals surface area contributed by atoms with Gasteiger partial charge in [0.1, 0.15) is 6.61 Å². The van der Waals surface area contributed by atoms with Gasteiger partial charge in [-0.25, -0.2) is 4.57 Å². The number of allylic oxidation sites excluding steroid dienone is 18. The van der Waals surface area contributed by atoms with E-state index < -0.39 is 26.5 Å². The zero-order valence-corrected chi connectivity index (χ0v) is 49.6. The summed E-state index contributed by atoms with van der Waals surface area (Å²) in [6, 6.07) is 0. The Bertz CT molecular complexity index is 1610. The normalized spacial score (nSPS) is 13.8. The minimum Gasteiger partial charge on any atom is -0.462 e. The van der Waals surface area contributed by atoms with Crippen molar-refractivity contribution in [1.29, 1.82) is 0 Å². The Labute approximate surface area is 467 Å². The zero-order chi connectivity index (χ0) is 55.2. The number of esters is 2. The molecule has 0 radical (unpaired) electrons. The third-order valence-corrected chi connectivity index (χ3v) is 13.9. The molecule has 0 saturated heterocycles. The largest absolute Gasteiger partial charge is 0.472 e. The lowest BCUT2D eigenvalue weighted by atomic mass is 10.0. The molecule has 3 N–H and O–H groups in total. The summed E-state index contributed by atoms with van der Waals surface area (Å²) in [5.74, 6) is -0.827. The van der Waals surface area contributed by atoms with Gasteiger partial charge in [-0.2, -0.15) is 0 Å². The van der Waals surface area contributed by atoms with Crippen LogP contribution in [0.4, 0.5) is 0 Å². The van der Waals surface area contributed by atoms with E-state index in [1.165, 1.54) is 128 Å². The summed E-state index contributed by atoms with van der Waals surface area (Å²) in [5.41, 5.74) is 5.38. The first-order valence-corrected chi connectivity index (χ1v) is 32.4. The third-order valence-electron chi connectivity index (χ3n) is 12.9. The van der Waals surface area contributed by atoms with Gasteiger partial charge in [-0.05, 0) is 83.5 Å². The Morgan fingerprint density at radius 2 is 0.724 bits per heavy atom. The van der Waals surface area contributed by atoms with E-state index in [4.69, 9.17) is 24.3 Å². The first-order chi connectivity index (χ1) is 37.3. The lowest BCUT2D eigenvalue weighted by molar-refractivity contribution is -0.161. The van der Waals surface area contributed by atoms with E-state index in [0.717, 1.165) is 103 Å². The molecule has 9 nitrogen and oxygen atoms in total. The highest BCUT2D eigenvalue weighted by atomic mass is 31.2. The highest BCUT2D eigenvalue weighted by Gasteiger charge is 2.26. The van der Waals surface area contributed by atoms with Gasteiger partial charge in [0.05, 0.1) is 13.2 Å². The van der Waals surface area contributed by atoms with Gasteiger partial charge in [0.15, 0.2) is 6.10 Å². The van der Waals surface area contributed by atoms with Crippen LogP contribution >= 0.6 is 7.82 Å². The molecule has 436 valence electrons. The predicted molar refractivity (Wildman–Crippen MR) is 325 cm³/mol. The van der Waals surface area contributed by atoms with E-state index in [1.54, 1.807) is 0 Å². The van der Waals surface area contributed by atoms with Gasteiger partial charge in [-0.15, -0.1) is 0 Å². The molecule has 0 aromatic carbocycles. The van der Waals surface area contributed by atoms with Crippen LogP contribution in [0.1, 0.15) is 264 Å². The number of unbranched alkanes of at least 4 members (excludes halogenated alkanes) is 26. The van der Waals surface area contributed by atoms with E-state index in [2.05, 4.69) is 123 Å². The quantitative estimate of drug-likeness (QED) is 0.0264. The van der Waals surface area contributed by atoms with Gasteiger partial charge in [0.2, 0.25) is 0 Å². The van der Waals surface area contributed by atoms with Crippen LogP contribution in [0.2, 0.25) is 0 Å². The van der Waals surface area contributed by atoms with E-state index in [1.807, 2.05) is 0 Å². The van der Waals surface area contributed by atoms with E-state index in [9.17, 15) is 19.0 Å². The SMILES string of the molecule is CC/C=C\C/C=C\C/C=C\C/C=C\C/C=C\C/C=C\C/C=C\C/C=C\C/C=C\CCCCCCCCCCCCCC(=O)OC(COC(=O)CCCCCCCCCCCCCCCCCC)COP(=O)(O)OCCN.